The number of benzene rings is 1. The molecule has 0 fully saturated rings. The summed E-state index contributed by atoms with van der Waals surface area (Å²) in [4.78, 5) is 10.7. The van der Waals surface area contributed by atoms with Gasteiger partial charge in [-0.3, -0.25) is 4.79 Å². The van der Waals surface area contributed by atoms with Crippen molar-refractivity contribution >= 4 is 11.9 Å². The molecule has 3 nitrogen and oxygen atoms in total. The van der Waals surface area contributed by atoms with Crippen molar-refractivity contribution in [2.24, 2.45) is 0 Å². The number of aliphatic hydroxyl groups excluding tert-OH is 1. The van der Waals surface area contributed by atoms with Gasteiger partial charge in [0.25, 0.3) is 0 Å². The third-order valence-corrected chi connectivity index (χ3v) is 2.88. The lowest BCUT2D eigenvalue weighted by molar-refractivity contribution is -0.104. The minimum Gasteiger partial charge on any atom is -0.491 e. The number of ether oxygens (including phenoxy) is 1. The van der Waals surface area contributed by atoms with Crippen molar-refractivity contribution in [2.45, 2.75) is 34.1 Å². The SMILES string of the molecule is CCCOc1ccc(/C(C=C(C)C)=C/C=C(\C)C=O)cc1F.CO. The normalized spacial score (nSPS) is 11.3. The van der Waals surface area contributed by atoms with Crippen molar-refractivity contribution < 1.29 is 19.0 Å². The third-order valence-electron chi connectivity index (χ3n) is 2.88. The Kier molecular flexibility index (Phi) is 11.1. The molecule has 0 spiro atoms. The van der Waals surface area contributed by atoms with Gasteiger partial charge in [0.2, 0.25) is 0 Å². The number of aliphatic hydroxyl groups is 1. The smallest absolute Gasteiger partial charge is 0.165 e. The summed E-state index contributed by atoms with van der Waals surface area (Å²) in [7, 11) is 1.00. The minimum absolute atomic E-state index is 0.266. The first-order chi connectivity index (χ1) is 11.5. The highest BCUT2D eigenvalue weighted by Crippen LogP contribution is 2.25. The molecule has 0 saturated carbocycles. The maximum Gasteiger partial charge on any atom is 0.165 e. The maximum atomic E-state index is 14.1. The fraction of sp³-hybridized carbons (Fsp3) is 0.350. The van der Waals surface area contributed by atoms with Crippen LogP contribution in [0.4, 0.5) is 4.39 Å². The van der Waals surface area contributed by atoms with Gasteiger partial charge in [0.15, 0.2) is 11.6 Å². The molecule has 0 atom stereocenters. The van der Waals surface area contributed by atoms with Crippen molar-refractivity contribution in [1.29, 1.82) is 0 Å². The van der Waals surface area contributed by atoms with Gasteiger partial charge in [-0.2, -0.15) is 0 Å². The molecule has 0 saturated heterocycles. The topological polar surface area (TPSA) is 46.5 Å². The van der Waals surface area contributed by atoms with E-state index in [2.05, 4.69) is 0 Å². The molecular formula is C20H27FO3. The van der Waals surface area contributed by atoms with Gasteiger partial charge in [-0.1, -0.05) is 36.8 Å². The average molecular weight is 334 g/mol. The molecule has 0 aliphatic rings. The summed E-state index contributed by atoms with van der Waals surface area (Å²) in [5.74, 6) is -0.114. The Labute approximate surface area is 144 Å². The van der Waals surface area contributed by atoms with Crippen molar-refractivity contribution in [3.05, 3.63) is 59.0 Å². The predicted molar refractivity (Wildman–Crippen MR) is 97.6 cm³/mol. The quantitative estimate of drug-likeness (QED) is 0.446. The van der Waals surface area contributed by atoms with Crippen LogP contribution in [0.2, 0.25) is 0 Å². The summed E-state index contributed by atoms with van der Waals surface area (Å²) in [6.07, 6.45) is 7.12. The first-order valence-electron chi connectivity index (χ1n) is 7.84. The molecule has 0 heterocycles. The molecule has 0 aliphatic heterocycles. The molecule has 1 aromatic rings. The van der Waals surface area contributed by atoms with Crippen LogP contribution in [-0.4, -0.2) is 25.1 Å². The molecule has 1 aromatic carbocycles. The molecule has 0 unspecified atom stereocenters. The Morgan fingerprint density at radius 1 is 1.21 bits per heavy atom. The van der Waals surface area contributed by atoms with Crippen molar-refractivity contribution in [1.82, 2.24) is 0 Å². The summed E-state index contributed by atoms with van der Waals surface area (Å²) in [6, 6.07) is 4.92. The first-order valence-corrected chi connectivity index (χ1v) is 7.84. The number of hydrogen-bond acceptors (Lipinski definition) is 3. The average Bonchev–Trinajstić information content (AvgIpc) is 2.58. The van der Waals surface area contributed by atoms with Crippen LogP contribution < -0.4 is 4.74 Å². The highest BCUT2D eigenvalue weighted by atomic mass is 19.1. The number of aldehydes is 1. The number of hydrogen-bond donors (Lipinski definition) is 1. The highest BCUT2D eigenvalue weighted by molar-refractivity contribution is 5.79. The lowest BCUT2D eigenvalue weighted by Crippen LogP contribution is -1.98. The van der Waals surface area contributed by atoms with E-state index in [1.807, 2.05) is 39.0 Å². The van der Waals surface area contributed by atoms with Crippen LogP contribution in [0, 0.1) is 5.82 Å². The van der Waals surface area contributed by atoms with Gasteiger partial charge in [0, 0.05) is 7.11 Å². The number of halogens is 1. The van der Waals surface area contributed by atoms with Gasteiger partial charge < -0.3 is 9.84 Å². The van der Waals surface area contributed by atoms with Crippen LogP contribution >= 0.6 is 0 Å². The predicted octanol–water partition coefficient (Wildman–Crippen LogP) is 4.72. The minimum atomic E-state index is -0.380. The molecule has 132 valence electrons. The Balaban J connectivity index is 0.00000254. The summed E-state index contributed by atoms with van der Waals surface area (Å²) in [6.45, 7) is 8.14. The van der Waals surface area contributed by atoms with E-state index in [1.54, 1.807) is 19.1 Å². The van der Waals surface area contributed by atoms with Gasteiger partial charge in [-0.15, -0.1) is 0 Å². The van der Waals surface area contributed by atoms with Crippen molar-refractivity contribution in [2.75, 3.05) is 13.7 Å². The van der Waals surface area contributed by atoms with E-state index in [4.69, 9.17) is 9.84 Å². The van der Waals surface area contributed by atoms with Gasteiger partial charge >= 0.3 is 0 Å². The fourth-order valence-corrected chi connectivity index (χ4v) is 1.81. The van der Waals surface area contributed by atoms with E-state index in [0.29, 0.717) is 12.2 Å². The van der Waals surface area contributed by atoms with Crippen LogP contribution in [0.5, 0.6) is 5.75 Å². The zero-order chi connectivity index (χ0) is 18.5. The van der Waals surface area contributed by atoms with Crippen LogP contribution in [0.15, 0.2) is 47.6 Å². The Bertz CT molecular complexity index is 609. The lowest BCUT2D eigenvalue weighted by atomic mass is 10.0. The van der Waals surface area contributed by atoms with Crippen LogP contribution in [0.25, 0.3) is 5.57 Å². The van der Waals surface area contributed by atoms with E-state index in [0.717, 1.165) is 36.5 Å². The molecule has 1 rings (SSSR count). The van der Waals surface area contributed by atoms with E-state index >= 15 is 0 Å². The molecule has 0 aromatic heterocycles. The summed E-state index contributed by atoms with van der Waals surface area (Å²) in [5, 5.41) is 7.00. The second-order valence-corrected chi connectivity index (χ2v) is 5.37. The fourth-order valence-electron chi connectivity index (χ4n) is 1.81. The zero-order valence-electron chi connectivity index (χ0n) is 15.1. The summed E-state index contributed by atoms with van der Waals surface area (Å²) < 4.78 is 19.4. The number of rotatable bonds is 7. The van der Waals surface area contributed by atoms with E-state index < -0.39 is 0 Å². The van der Waals surface area contributed by atoms with E-state index in [1.165, 1.54) is 6.07 Å². The van der Waals surface area contributed by atoms with Crippen molar-refractivity contribution in [3.63, 3.8) is 0 Å². The lowest BCUT2D eigenvalue weighted by Gasteiger charge is -2.09. The van der Waals surface area contributed by atoms with Gasteiger partial charge in [0.05, 0.1) is 6.61 Å². The highest BCUT2D eigenvalue weighted by Gasteiger charge is 2.06. The maximum absolute atomic E-state index is 14.1. The molecule has 0 aliphatic carbocycles. The largest absolute Gasteiger partial charge is 0.491 e. The zero-order valence-corrected chi connectivity index (χ0v) is 15.1. The molecular weight excluding hydrogens is 307 g/mol. The molecule has 24 heavy (non-hydrogen) atoms. The molecule has 0 bridgehead atoms. The van der Waals surface area contributed by atoms with Crippen LogP contribution in [-0.2, 0) is 4.79 Å². The van der Waals surface area contributed by atoms with Gasteiger partial charge in [-0.05, 0) is 56.0 Å². The van der Waals surface area contributed by atoms with Crippen LogP contribution in [0.1, 0.15) is 39.7 Å². The monoisotopic (exact) mass is 334 g/mol. The molecule has 0 amide bonds. The summed E-state index contributed by atoms with van der Waals surface area (Å²) >= 11 is 0. The van der Waals surface area contributed by atoms with Crippen LogP contribution in [0.3, 0.4) is 0 Å². The van der Waals surface area contributed by atoms with E-state index in [9.17, 15) is 9.18 Å². The Morgan fingerprint density at radius 3 is 2.38 bits per heavy atom. The second-order valence-electron chi connectivity index (χ2n) is 5.37. The summed E-state index contributed by atoms with van der Waals surface area (Å²) in [5.41, 5.74) is 3.30. The van der Waals surface area contributed by atoms with Gasteiger partial charge in [-0.25, -0.2) is 4.39 Å². The number of allylic oxidation sites excluding steroid dienone is 6. The Morgan fingerprint density at radius 2 is 1.88 bits per heavy atom. The second kappa shape index (κ2) is 12.3. The number of carbonyl (C=O) groups excluding carboxylic acids is 1. The molecule has 0 radical (unpaired) electrons. The van der Waals surface area contributed by atoms with Gasteiger partial charge in [0.1, 0.15) is 6.29 Å². The molecule has 4 heteroatoms. The standard InChI is InChI=1S/C19H23FO2.CH4O/c1-5-10-22-19-9-8-17(12-18(19)20)16(11-14(2)3)7-6-15(4)13-21;1-2/h6-9,11-13H,5,10H2,1-4H3;2H,1H3/b15-6+,16-7+;. The molecule has 1 N–H and O–H groups in total. The Hall–Kier alpha value is -2.20. The third kappa shape index (κ3) is 7.88. The first kappa shape index (κ1) is 21.8. The van der Waals surface area contributed by atoms with Crippen molar-refractivity contribution in [3.8, 4) is 5.75 Å². The number of carbonyl (C=O) groups is 1. The van der Waals surface area contributed by atoms with E-state index in [-0.39, 0.29) is 11.6 Å².